The van der Waals surface area contributed by atoms with Crippen LogP contribution in [0.25, 0.3) is 11.0 Å². The number of thioether (sulfide) groups is 2. The van der Waals surface area contributed by atoms with Crippen LogP contribution in [0.15, 0.2) is 33.7 Å². The van der Waals surface area contributed by atoms with Gasteiger partial charge in [0, 0.05) is 22.5 Å². The fraction of sp³-hybridized carbons (Fsp3) is 0.231. The predicted octanol–water partition coefficient (Wildman–Crippen LogP) is 2.13. The first-order valence-electron chi connectivity index (χ1n) is 5.77. The Bertz CT molecular complexity index is 663. The summed E-state index contributed by atoms with van der Waals surface area (Å²) in [7, 11) is 0. The second-order valence-electron chi connectivity index (χ2n) is 3.98. The molecule has 1 aromatic carbocycles. The normalized spacial score (nSPS) is 14.8. The van der Waals surface area contributed by atoms with E-state index >= 15 is 0 Å². The van der Waals surface area contributed by atoms with E-state index in [1.54, 1.807) is 29.6 Å². The summed E-state index contributed by atoms with van der Waals surface area (Å²) in [6, 6.07) is 7.31. The summed E-state index contributed by atoms with van der Waals surface area (Å²) in [5, 5.41) is 12.0. The molecule has 2 heterocycles. The number of nitrogens with zero attached hydrogens (tertiary/aromatic N) is 1. The Morgan fingerprint density at radius 3 is 3.05 bits per heavy atom. The Kier molecular flexibility index (Phi) is 3.52. The maximum absolute atomic E-state index is 11.1. The molecule has 19 heavy (non-hydrogen) atoms. The van der Waals surface area contributed by atoms with Crippen molar-refractivity contribution in [3.05, 3.63) is 35.6 Å². The summed E-state index contributed by atoms with van der Waals surface area (Å²) in [5.41, 5.74) is 1.26. The zero-order valence-electron chi connectivity index (χ0n) is 9.92. The van der Waals surface area contributed by atoms with Crippen LogP contribution in [0.3, 0.4) is 0 Å². The van der Waals surface area contributed by atoms with E-state index in [4.69, 9.17) is 4.42 Å². The second kappa shape index (κ2) is 5.30. The number of para-hydroxylation sites is 1. The fourth-order valence-electron chi connectivity index (χ4n) is 1.94. The van der Waals surface area contributed by atoms with Crippen molar-refractivity contribution < 1.29 is 14.3 Å². The summed E-state index contributed by atoms with van der Waals surface area (Å²) in [6.07, 6.45) is 0. The number of carboxylic acids is 1. The highest BCUT2D eigenvalue weighted by Gasteiger charge is 2.16. The lowest BCUT2D eigenvalue weighted by Gasteiger charge is -2.03. The van der Waals surface area contributed by atoms with Crippen molar-refractivity contribution in [3.63, 3.8) is 0 Å². The van der Waals surface area contributed by atoms with Crippen LogP contribution in [0, 0.1) is 0 Å². The number of furan rings is 1. The van der Waals surface area contributed by atoms with Crippen molar-refractivity contribution in [3.8, 4) is 0 Å². The molecule has 0 saturated heterocycles. The molecule has 0 N–H and O–H groups in total. The van der Waals surface area contributed by atoms with Gasteiger partial charge in [-0.1, -0.05) is 41.7 Å². The number of benzene rings is 1. The number of aliphatic imine (C=N–C) groups is 1. The Morgan fingerprint density at radius 2 is 2.32 bits per heavy atom. The molecule has 0 fully saturated rings. The number of hydrogen-bond acceptors (Lipinski definition) is 6. The van der Waals surface area contributed by atoms with Crippen LogP contribution in [-0.4, -0.2) is 22.6 Å². The predicted molar refractivity (Wildman–Crippen MR) is 76.6 cm³/mol. The highest BCUT2D eigenvalue weighted by molar-refractivity contribution is 8.38. The van der Waals surface area contributed by atoms with Gasteiger partial charge in [0.1, 0.15) is 15.9 Å². The van der Waals surface area contributed by atoms with E-state index in [1.165, 1.54) is 0 Å². The van der Waals surface area contributed by atoms with Gasteiger partial charge in [-0.25, -0.2) is 0 Å². The maximum Gasteiger partial charge on any atom is 0.154 e. The number of carboxylic acid groups (broad SMARTS) is 1. The molecule has 2 aromatic rings. The van der Waals surface area contributed by atoms with Crippen LogP contribution >= 0.6 is 23.5 Å². The molecule has 0 unspecified atom stereocenters. The molecule has 6 heteroatoms. The Labute approximate surface area is 118 Å². The summed E-state index contributed by atoms with van der Waals surface area (Å²) < 4.78 is 6.36. The molecule has 1 aromatic heterocycles. The van der Waals surface area contributed by atoms with Crippen LogP contribution in [0.5, 0.6) is 0 Å². The minimum Gasteiger partial charge on any atom is -0.542 e. The second-order valence-corrected chi connectivity index (χ2v) is 6.28. The molecule has 0 amide bonds. The lowest BCUT2D eigenvalue weighted by Crippen LogP contribution is -2.22. The third-order valence-corrected chi connectivity index (χ3v) is 5.06. The van der Waals surface area contributed by atoms with E-state index in [9.17, 15) is 9.90 Å². The average molecular weight is 292 g/mol. The summed E-state index contributed by atoms with van der Waals surface area (Å²) in [5.74, 6) is 0.193. The minimum absolute atomic E-state index is 0.0719. The molecule has 0 spiro atoms. The fourth-order valence-corrected chi connectivity index (χ4v) is 3.98. The number of carbonyl (C=O) groups excluding carboxylic acids is 1. The standard InChI is InChI=1S/C13H11NO3S2/c15-12(16)11-9(7-19-13-14-5-6-18-13)8-3-1-2-4-10(8)17-11/h1-4H,5-7H2,(H,15,16)/p-1. The van der Waals surface area contributed by atoms with Gasteiger partial charge >= 0.3 is 0 Å². The number of aromatic carboxylic acids is 1. The van der Waals surface area contributed by atoms with Crippen molar-refractivity contribution in [1.82, 2.24) is 0 Å². The lowest BCUT2D eigenvalue weighted by molar-refractivity contribution is -0.257. The molecule has 1 aliphatic rings. The van der Waals surface area contributed by atoms with E-state index in [1.807, 2.05) is 18.2 Å². The smallest absolute Gasteiger partial charge is 0.154 e. The van der Waals surface area contributed by atoms with Crippen LogP contribution in [0.2, 0.25) is 0 Å². The molecular formula is C13H10NO3S2-. The summed E-state index contributed by atoms with van der Waals surface area (Å²) >= 11 is 3.25. The highest BCUT2D eigenvalue weighted by Crippen LogP contribution is 2.32. The Morgan fingerprint density at radius 1 is 1.47 bits per heavy atom. The van der Waals surface area contributed by atoms with Gasteiger partial charge in [-0.05, 0) is 6.07 Å². The first-order valence-corrected chi connectivity index (χ1v) is 7.74. The van der Waals surface area contributed by atoms with E-state index in [-0.39, 0.29) is 5.76 Å². The molecule has 0 radical (unpaired) electrons. The monoisotopic (exact) mass is 292 g/mol. The van der Waals surface area contributed by atoms with Gasteiger partial charge in [-0.3, -0.25) is 4.99 Å². The van der Waals surface area contributed by atoms with E-state index in [2.05, 4.69) is 4.99 Å². The lowest BCUT2D eigenvalue weighted by atomic mass is 10.1. The van der Waals surface area contributed by atoms with E-state index < -0.39 is 5.97 Å². The van der Waals surface area contributed by atoms with Crippen molar-refractivity contribution in [2.24, 2.45) is 4.99 Å². The molecule has 0 bridgehead atoms. The first kappa shape index (κ1) is 12.6. The number of carbonyl (C=O) groups is 1. The number of rotatable bonds is 3. The van der Waals surface area contributed by atoms with Crippen molar-refractivity contribution >= 4 is 44.8 Å². The zero-order chi connectivity index (χ0) is 13.2. The van der Waals surface area contributed by atoms with Gasteiger partial charge in [0.05, 0.1) is 6.54 Å². The molecule has 0 saturated carbocycles. The first-order chi connectivity index (χ1) is 9.25. The van der Waals surface area contributed by atoms with Crippen LogP contribution in [0.4, 0.5) is 0 Å². The van der Waals surface area contributed by atoms with Crippen LogP contribution in [0.1, 0.15) is 16.1 Å². The van der Waals surface area contributed by atoms with Crippen molar-refractivity contribution in [2.75, 3.05) is 12.3 Å². The summed E-state index contributed by atoms with van der Waals surface area (Å²) in [4.78, 5) is 15.5. The van der Waals surface area contributed by atoms with E-state index in [0.717, 1.165) is 22.1 Å². The zero-order valence-corrected chi connectivity index (χ0v) is 11.6. The third-order valence-electron chi connectivity index (χ3n) is 2.78. The molecule has 4 nitrogen and oxygen atoms in total. The van der Waals surface area contributed by atoms with Gasteiger partial charge in [0.2, 0.25) is 0 Å². The van der Waals surface area contributed by atoms with Crippen LogP contribution < -0.4 is 5.11 Å². The summed E-state index contributed by atoms with van der Waals surface area (Å²) in [6.45, 7) is 0.840. The van der Waals surface area contributed by atoms with Gasteiger partial charge in [-0.15, -0.1) is 0 Å². The van der Waals surface area contributed by atoms with Crippen molar-refractivity contribution in [1.29, 1.82) is 0 Å². The van der Waals surface area contributed by atoms with Crippen LogP contribution in [-0.2, 0) is 5.75 Å². The molecule has 3 rings (SSSR count). The molecule has 0 aliphatic carbocycles. The topological polar surface area (TPSA) is 65.6 Å². The van der Waals surface area contributed by atoms with Gasteiger partial charge in [-0.2, -0.15) is 0 Å². The van der Waals surface area contributed by atoms with Crippen molar-refractivity contribution in [2.45, 2.75) is 5.75 Å². The number of hydrogen-bond donors (Lipinski definition) is 0. The molecule has 1 aliphatic heterocycles. The maximum atomic E-state index is 11.1. The molecule has 0 atom stereocenters. The third kappa shape index (κ3) is 2.50. The average Bonchev–Trinajstić information content (AvgIpc) is 3.03. The Hall–Kier alpha value is -1.40. The Balaban J connectivity index is 1.95. The molecule has 98 valence electrons. The quantitative estimate of drug-likeness (QED) is 0.867. The number of fused-ring (bicyclic) bond motifs is 1. The highest BCUT2D eigenvalue weighted by atomic mass is 32.2. The largest absolute Gasteiger partial charge is 0.542 e. The molecular weight excluding hydrogens is 282 g/mol. The van der Waals surface area contributed by atoms with Gasteiger partial charge in [0.15, 0.2) is 5.76 Å². The van der Waals surface area contributed by atoms with Gasteiger partial charge < -0.3 is 14.3 Å². The SMILES string of the molecule is O=C([O-])c1oc2ccccc2c1CSC1=NCCS1. The van der Waals surface area contributed by atoms with Gasteiger partial charge in [0.25, 0.3) is 0 Å². The minimum atomic E-state index is -1.27. The van der Waals surface area contributed by atoms with E-state index in [0.29, 0.717) is 16.9 Å².